The van der Waals surface area contributed by atoms with Crippen LogP contribution in [0.1, 0.15) is 12.0 Å². The average Bonchev–Trinajstić information content (AvgIpc) is 3.48. The summed E-state index contributed by atoms with van der Waals surface area (Å²) >= 11 is 2.49. The van der Waals surface area contributed by atoms with Crippen molar-refractivity contribution < 1.29 is 17.6 Å². The average molecular weight is 558 g/mol. The van der Waals surface area contributed by atoms with Crippen molar-refractivity contribution in [2.75, 3.05) is 24.3 Å². The molecule has 1 aliphatic heterocycles. The monoisotopic (exact) mass is 557 g/mol. The SMILES string of the molecule is CN(C(=O)CSc1nc2scc(-c3ccc(F)cc3)c2c(=O)n1Cc1ccccc1)C1CCS(=O)(=O)C1. The quantitative estimate of drug-likeness (QED) is 0.252. The highest BCUT2D eigenvalue weighted by atomic mass is 32.2. The molecule has 1 atom stereocenters. The van der Waals surface area contributed by atoms with E-state index >= 15 is 0 Å². The summed E-state index contributed by atoms with van der Waals surface area (Å²) in [5.74, 6) is -0.482. The molecule has 2 aromatic carbocycles. The number of rotatable bonds is 7. The molecule has 1 amide bonds. The van der Waals surface area contributed by atoms with Crippen LogP contribution in [0.2, 0.25) is 0 Å². The summed E-state index contributed by atoms with van der Waals surface area (Å²) in [4.78, 5) is 33.5. The topological polar surface area (TPSA) is 89.3 Å². The molecule has 37 heavy (non-hydrogen) atoms. The molecule has 0 spiro atoms. The fourth-order valence-corrected chi connectivity index (χ4v) is 8.06. The number of sulfone groups is 1. The van der Waals surface area contributed by atoms with Crippen molar-refractivity contribution in [2.45, 2.75) is 24.2 Å². The summed E-state index contributed by atoms with van der Waals surface area (Å²) in [6.45, 7) is 0.272. The van der Waals surface area contributed by atoms with Gasteiger partial charge >= 0.3 is 0 Å². The van der Waals surface area contributed by atoms with Crippen molar-refractivity contribution in [3.05, 3.63) is 81.7 Å². The fraction of sp³-hybridized carbons (Fsp3) is 0.269. The molecule has 1 saturated heterocycles. The molecule has 7 nitrogen and oxygen atoms in total. The normalized spacial score (nSPS) is 16.8. The summed E-state index contributed by atoms with van der Waals surface area (Å²) in [6, 6.07) is 15.2. The Morgan fingerprint density at radius 2 is 1.92 bits per heavy atom. The van der Waals surface area contributed by atoms with Gasteiger partial charge < -0.3 is 4.90 Å². The third-order valence-corrected chi connectivity index (χ3v) is 10.1. The molecule has 0 aliphatic carbocycles. The fourth-order valence-electron chi connectivity index (χ4n) is 4.38. The van der Waals surface area contributed by atoms with E-state index in [1.54, 1.807) is 23.7 Å². The van der Waals surface area contributed by atoms with E-state index in [1.807, 2.05) is 35.7 Å². The Morgan fingerprint density at radius 3 is 2.59 bits per heavy atom. The van der Waals surface area contributed by atoms with Gasteiger partial charge in [0.15, 0.2) is 15.0 Å². The molecule has 1 unspecified atom stereocenters. The zero-order valence-electron chi connectivity index (χ0n) is 20.0. The number of carbonyl (C=O) groups excluding carboxylic acids is 1. The van der Waals surface area contributed by atoms with E-state index < -0.39 is 9.84 Å². The number of amides is 1. The van der Waals surface area contributed by atoms with E-state index in [1.165, 1.54) is 40.1 Å². The number of carbonyl (C=O) groups is 1. The first-order valence-electron chi connectivity index (χ1n) is 11.6. The predicted octanol–water partition coefficient (Wildman–Crippen LogP) is 4.05. The molecule has 1 aliphatic rings. The van der Waals surface area contributed by atoms with Gasteiger partial charge in [0.25, 0.3) is 5.56 Å². The number of hydrogen-bond donors (Lipinski definition) is 0. The van der Waals surface area contributed by atoms with E-state index in [4.69, 9.17) is 4.98 Å². The van der Waals surface area contributed by atoms with Gasteiger partial charge in [0.1, 0.15) is 10.6 Å². The Kier molecular flexibility index (Phi) is 7.19. The molecule has 0 bridgehead atoms. The maximum atomic E-state index is 13.8. The van der Waals surface area contributed by atoms with Crippen LogP contribution in [-0.2, 0) is 21.2 Å². The van der Waals surface area contributed by atoms with Crippen LogP contribution in [0.25, 0.3) is 21.3 Å². The predicted molar refractivity (Wildman–Crippen MR) is 145 cm³/mol. The molecule has 2 aromatic heterocycles. The van der Waals surface area contributed by atoms with E-state index in [2.05, 4.69) is 0 Å². The van der Waals surface area contributed by atoms with Gasteiger partial charge in [-0.25, -0.2) is 17.8 Å². The third-order valence-electron chi connectivity index (χ3n) is 6.47. The maximum absolute atomic E-state index is 13.8. The van der Waals surface area contributed by atoms with Crippen molar-refractivity contribution >= 4 is 49.1 Å². The number of benzene rings is 2. The van der Waals surface area contributed by atoms with Crippen LogP contribution in [0.15, 0.2) is 69.9 Å². The molecule has 5 rings (SSSR count). The highest BCUT2D eigenvalue weighted by Gasteiger charge is 2.32. The number of thioether (sulfide) groups is 1. The molecule has 11 heteroatoms. The van der Waals surface area contributed by atoms with E-state index in [-0.39, 0.29) is 47.1 Å². The van der Waals surface area contributed by atoms with Gasteiger partial charge in [-0.05, 0) is 29.7 Å². The number of aromatic nitrogens is 2. The maximum Gasteiger partial charge on any atom is 0.263 e. The molecule has 192 valence electrons. The summed E-state index contributed by atoms with van der Waals surface area (Å²) in [7, 11) is -1.49. The highest BCUT2D eigenvalue weighted by molar-refractivity contribution is 7.99. The number of nitrogens with zero attached hydrogens (tertiary/aromatic N) is 3. The summed E-state index contributed by atoms with van der Waals surface area (Å²) < 4.78 is 38.7. The number of fused-ring (bicyclic) bond motifs is 1. The zero-order chi connectivity index (χ0) is 26.2. The molecule has 0 N–H and O–H groups in total. The van der Waals surface area contributed by atoms with Crippen LogP contribution < -0.4 is 5.56 Å². The Bertz CT molecular complexity index is 1620. The third kappa shape index (κ3) is 5.48. The molecule has 1 fully saturated rings. The van der Waals surface area contributed by atoms with Crippen LogP contribution in [0.4, 0.5) is 4.39 Å². The molecular weight excluding hydrogens is 534 g/mol. The van der Waals surface area contributed by atoms with Gasteiger partial charge in [-0.1, -0.05) is 54.2 Å². The number of halogens is 1. The summed E-state index contributed by atoms with van der Waals surface area (Å²) in [6.07, 6.45) is 0.430. The van der Waals surface area contributed by atoms with E-state index in [0.29, 0.717) is 27.4 Å². The second-order valence-corrected chi connectivity index (χ2v) is 13.0. The summed E-state index contributed by atoms with van der Waals surface area (Å²) in [5, 5.41) is 2.71. The molecule has 0 radical (unpaired) electrons. The Hall–Kier alpha value is -3.02. The van der Waals surface area contributed by atoms with Crippen molar-refractivity contribution in [3.63, 3.8) is 0 Å². The van der Waals surface area contributed by atoms with Crippen molar-refractivity contribution in [3.8, 4) is 11.1 Å². The van der Waals surface area contributed by atoms with Crippen molar-refractivity contribution in [1.82, 2.24) is 14.5 Å². The minimum atomic E-state index is -3.11. The lowest BCUT2D eigenvalue weighted by atomic mass is 10.1. The summed E-state index contributed by atoms with van der Waals surface area (Å²) in [5.41, 5.74) is 2.08. The van der Waals surface area contributed by atoms with Gasteiger partial charge in [0.2, 0.25) is 5.91 Å². The minimum Gasteiger partial charge on any atom is -0.341 e. The zero-order valence-corrected chi connectivity index (χ0v) is 22.4. The van der Waals surface area contributed by atoms with Crippen molar-refractivity contribution in [1.29, 1.82) is 0 Å². The van der Waals surface area contributed by atoms with E-state index in [9.17, 15) is 22.4 Å². The van der Waals surface area contributed by atoms with Gasteiger partial charge in [-0.15, -0.1) is 11.3 Å². The first-order valence-corrected chi connectivity index (χ1v) is 15.3. The Labute approximate surface area is 221 Å². The number of thiophene rings is 1. The second-order valence-electron chi connectivity index (χ2n) is 8.96. The number of hydrogen-bond acceptors (Lipinski definition) is 7. The first kappa shape index (κ1) is 25.6. The molecule has 3 heterocycles. The van der Waals surface area contributed by atoms with Crippen LogP contribution in [0.5, 0.6) is 0 Å². The lowest BCUT2D eigenvalue weighted by molar-refractivity contribution is -0.128. The van der Waals surface area contributed by atoms with E-state index in [0.717, 1.165) is 11.1 Å². The van der Waals surface area contributed by atoms with Gasteiger partial charge in [0, 0.05) is 24.0 Å². The lowest BCUT2D eigenvalue weighted by Crippen LogP contribution is -2.39. The molecule has 0 saturated carbocycles. The standard InChI is InChI=1S/C26H24FN3O4S3/c1-29(20-11-12-37(33,34)16-20)22(31)15-36-26-28-24-23(21(14-35-24)18-7-9-19(27)10-8-18)25(32)30(26)13-17-5-3-2-4-6-17/h2-10,14,20H,11-13,15-16H2,1H3. The second kappa shape index (κ2) is 10.4. The van der Waals surface area contributed by atoms with Gasteiger partial charge in [0.05, 0.1) is 29.2 Å². The molecular formula is C26H24FN3O4S3. The van der Waals surface area contributed by atoms with Crippen LogP contribution in [0.3, 0.4) is 0 Å². The van der Waals surface area contributed by atoms with Crippen LogP contribution in [0, 0.1) is 5.82 Å². The van der Waals surface area contributed by atoms with Crippen LogP contribution >= 0.6 is 23.1 Å². The molecule has 4 aromatic rings. The lowest BCUT2D eigenvalue weighted by Gasteiger charge is -2.23. The Balaban J connectivity index is 1.49. The Morgan fingerprint density at radius 1 is 1.19 bits per heavy atom. The van der Waals surface area contributed by atoms with Crippen molar-refractivity contribution in [2.24, 2.45) is 0 Å². The first-order chi connectivity index (χ1) is 17.7. The minimum absolute atomic E-state index is 0.0236. The van der Waals surface area contributed by atoms with Crippen LogP contribution in [-0.4, -0.2) is 59.1 Å². The highest BCUT2D eigenvalue weighted by Crippen LogP contribution is 2.32. The largest absolute Gasteiger partial charge is 0.341 e. The van der Waals surface area contributed by atoms with Gasteiger partial charge in [-0.2, -0.15) is 0 Å². The smallest absolute Gasteiger partial charge is 0.263 e. The van der Waals surface area contributed by atoms with Gasteiger partial charge in [-0.3, -0.25) is 14.2 Å².